The van der Waals surface area contributed by atoms with Gasteiger partial charge in [-0.25, -0.2) is 0 Å². The van der Waals surface area contributed by atoms with Crippen molar-refractivity contribution in [2.24, 2.45) is 5.73 Å². The third kappa shape index (κ3) is 4.57. The van der Waals surface area contributed by atoms with E-state index in [0.717, 1.165) is 11.3 Å². The van der Waals surface area contributed by atoms with Gasteiger partial charge in [0.2, 0.25) is 0 Å². The van der Waals surface area contributed by atoms with Crippen LogP contribution in [-0.2, 0) is 4.79 Å². The molecule has 2 aromatic carbocycles. The SMILES string of the molecule is CCC(Oc1cccc(C)c1)C(=O)N1C[C@@H](N)[C@H](c2ccccc2)C1.Cl. The van der Waals surface area contributed by atoms with Gasteiger partial charge in [-0.15, -0.1) is 12.4 Å². The van der Waals surface area contributed by atoms with E-state index in [-0.39, 0.29) is 30.3 Å². The molecule has 2 N–H and O–H groups in total. The summed E-state index contributed by atoms with van der Waals surface area (Å²) in [4.78, 5) is 14.8. The monoisotopic (exact) mass is 374 g/mol. The summed E-state index contributed by atoms with van der Waals surface area (Å²) in [5.74, 6) is 0.947. The molecule has 0 radical (unpaired) electrons. The second-order valence-electron chi connectivity index (χ2n) is 6.76. The van der Waals surface area contributed by atoms with E-state index in [1.165, 1.54) is 5.56 Å². The number of benzene rings is 2. The molecule has 1 saturated heterocycles. The van der Waals surface area contributed by atoms with Crippen molar-refractivity contribution < 1.29 is 9.53 Å². The van der Waals surface area contributed by atoms with Crippen molar-refractivity contribution in [3.05, 3.63) is 65.7 Å². The minimum atomic E-state index is -0.469. The van der Waals surface area contributed by atoms with E-state index >= 15 is 0 Å². The zero-order chi connectivity index (χ0) is 17.8. The van der Waals surface area contributed by atoms with Crippen molar-refractivity contribution in [1.29, 1.82) is 0 Å². The average Bonchev–Trinajstić information content (AvgIpc) is 3.02. The molecule has 2 aromatic rings. The van der Waals surface area contributed by atoms with Gasteiger partial charge in [0.05, 0.1) is 0 Å². The van der Waals surface area contributed by atoms with Gasteiger partial charge in [0, 0.05) is 25.0 Å². The molecule has 1 aliphatic heterocycles. The maximum atomic E-state index is 12.9. The van der Waals surface area contributed by atoms with E-state index in [4.69, 9.17) is 10.5 Å². The number of rotatable bonds is 5. The van der Waals surface area contributed by atoms with E-state index in [1.807, 2.05) is 61.2 Å². The second kappa shape index (κ2) is 9.06. The van der Waals surface area contributed by atoms with Crippen LogP contribution in [-0.4, -0.2) is 36.0 Å². The Balaban J connectivity index is 0.00000243. The van der Waals surface area contributed by atoms with Crippen LogP contribution in [0.4, 0.5) is 0 Å². The number of ether oxygens (including phenoxy) is 1. The Labute approximate surface area is 161 Å². The van der Waals surface area contributed by atoms with E-state index in [0.29, 0.717) is 19.5 Å². The molecule has 26 heavy (non-hydrogen) atoms. The highest BCUT2D eigenvalue weighted by molar-refractivity contribution is 5.85. The van der Waals surface area contributed by atoms with Crippen LogP contribution in [0.2, 0.25) is 0 Å². The van der Waals surface area contributed by atoms with Gasteiger partial charge in [-0.3, -0.25) is 4.79 Å². The Morgan fingerprint density at radius 1 is 1.19 bits per heavy atom. The topological polar surface area (TPSA) is 55.6 Å². The van der Waals surface area contributed by atoms with Crippen LogP contribution >= 0.6 is 12.4 Å². The van der Waals surface area contributed by atoms with E-state index in [9.17, 15) is 4.79 Å². The van der Waals surface area contributed by atoms with Crippen LogP contribution < -0.4 is 10.5 Å². The summed E-state index contributed by atoms with van der Waals surface area (Å²) in [6.07, 6.45) is 0.164. The summed E-state index contributed by atoms with van der Waals surface area (Å²) in [6.45, 7) is 5.21. The first kappa shape index (κ1) is 20.3. The standard InChI is InChI=1S/C21H26N2O2.ClH/c1-3-20(25-17-11-7-8-15(2)12-17)21(24)23-13-18(19(22)14-23)16-9-5-4-6-10-16;/h4-12,18-20H,3,13-14,22H2,1-2H3;1H/t18-,19+,20?;/m0./s1. The van der Waals surface area contributed by atoms with Gasteiger partial charge in [0.1, 0.15) is 5.75 Å². The fourth-order valence-electron chi connectivity index (χ4n) is 3.43. The molecule has 4 nitrogen and oxygen atoms in total. The minimum absolute atomic E-state index is 0. The predicted molar refractivity (Wildman–Crippen MR) is 107 cm³/mol. The lowest BCUT2D eigenvalue weighted by Gasteiger charge is -2.23. The third-order valence-electron chi connectivity index (χ3n) is 4.82. The number of halogens is 1. The summed E-state index contributed by atoms with van der Waals surface area (Å²) in [6, 6.07) is 18.0. The molecular formula is C21H27ClN2O2. The maximum Gasteiger partial charge on any atom is 0.263 e. The Kier molecular flexibility index (Phi) is 7.06. The molecule has 5 heteroatoms. The molecule has 0 saturated carbocycles. The first-order valence-electron chi connectivity index (χ1n) is 8.91. The van der Waals surface area contributed by atoms with Crippen LogP contribution in [0.25, 0.3) is 0 Å². The van der Waals surface area contributed by atoms with Crippen LogP contribution in [0.1, 0.15) is 30.4 Å². The van der Waals surface area contributed by atoms with Crippen molar-refractivity contribution in [2.75, 3.05) is 13.1 Å². The predicted octanol–water partition coefficient (Wildman–Crippen LogP) is 3.53. The largest absolute Gasteiger partial charge is 0.481 e. The Bertz CT molecular complexity index is 723. The van der Waals surface area contributed by atoms with E-state index < -0.39 is 6.10 Å². The Morgan fingerprint density at radius 3 is 2.58 bits per heavy atom. The minimum Gasteiger partial charge on any atom is -0.481 e. The summed E-state index contributed by atoms with van der Waals surface area (Å²) in [7, 11) is 0. The van der Waals surface area contributed by atoms with Gasteiger partial charge < -0.3 is 15.4 Å². The number of nitrogens with zero attached hydrogens (tertiary/aromatic N) is 1. The fourth-order valence-corrected chi connectivity index (χ4v) is 3.43. The van der Waals surface area contributed by atoms with Crippen molar-refractivity contribution in [3.63, 3.8) is 0 Å². The normalized spacial score (nSPS) is 20.3. The molecule has 1 fully saturated rings. The second-order valence-corrected chi connectivity index (χ2v) is 6.76. The lowest BCUT2D eigenvalue weighted by atomic mass is 9.95. The van der Waals surface area contributed by atoms with Gasteiger partial charge in [-0.05, 0) is 36.6 Å². The van der Waals surface area contributed by atoms with Crippen LogP contribution in [0.15, 0.2) is 54.6 Å². The number of likely N-dealkylation sites (tertiary alicyclic amines) is 1. The molecule has 1 aliphatic rings. The number of carbonyl (C=O) groups is 1. The Morgan fingerprint density at radius 2 is 1.92 bits per heavy atom. The van der Waals surface area contributed by atoms with Crippen LogP contribution in [0.5, 0.6) is 5.75 Å². The van der Waals surface area contributed by atoms with Crippen molar-refractivity contribution >= 4 is 18.3 Å². The lowest BCUT2D eigenvalue weighted by Crippen LogP contribution is -2.41. The average molecular weight is 375 g/mol. The maximum absolute atomic E-state index is 12.9. The quantitative estimate of drug-likeness (QED) is 0.871. The van der Waals surface area contributed by atoms with Crippen molar-refractivity contribution in [1.82, 2.24) is 4.90 Å². The van der Waals surface area contributed by atoms with E-state index in [1.54, 1.807) is 0 Å². The van der Waals surface area contributed by atoms with Gasteiger partial charge in [0.25, 0.3) is 5.91 Å². The van der Waals surface area contributed by atoms with Gasteiger partial charge in [0.15, 0.2) is 6.10 Å². The van der Waals surface area contributed by atoms with Gasteiger partial charge >= 0.3 is 0 Å². The highest BCUT2D eigenvalue weighted by atomic mass is 35.5. The molecule has 0 bridgehead atoms. The number of hydrogen-bond acceptors (Lipinski definition) is 3. The lowest BCUT2D eigenvalue weighted by molar-refractivity contribution is -0.137. The molecule has 0 aromatic heterocycles. The highest BCUT2D eigenvalue weighted by Crippen LogP contribution is 2.27. The zero-order valence-electron chi connectivity index (χ0n) is 15.3. The third-order valence-corrected chi connectivity index (χ3v) is 4.82. The highest BCUT2D eigenvalue weighted by Gasteiger charge is 2.36. The number of nitrogens with two attached hydrogens (primary N) is 1. The summed E-state index contributed by atoms with van der Waals surface area (Å²) < 4.78 is 5.96. The molecule has 3 atom stereocenters. The molecule has 0 aliphatic carbocycles. The molecule has 1 unspecified atom stereocenters. The zero-order valence-corrected chi connectivity index (χ0v) is 16.1. The summed E-state index contributed by atoms with van der Waals surface area (Å²) in [5, 5.41) is 0. The smallest absolute Gasteiger partial charge is 0.263 e. The van der Waals surface area contributed by atoms with E-state index in [2.05, 4.69) is 12.1 Å². The Hall–Kier alpha value is -2.04. The molecule has 0 spiro atoms. The molecular weight excluding hydrogens is 348 g/mol. The fraction of sp³-hybridized carbons (Fsp3) is 0.381. The van der Waals surface area contributed by atoms with Gasteiger partial charge in [-0.1, -0.05) is 49.4 Å². The number of aryl methyl sites for hydroxylation is 1. The van der Waals surface area contributed by atoms with Crippen LogP contribution in [0, 0.1) is 6.92 Å². The molecule has 140 valence electrons. The summed E-state index contributed by atoms with van der Waals surface area (Å²) >= 11 is 0. The molecule has 1 amide bonds. The summed E-state index contributed by atoms with van der Waals surface area (Å²) in [5.41, 5.74) is 8.63. The number of carbonyl (C=O) groups excluding carboxylic acids is 1. The first-order valence-corrected chi connectivity index (χ1v) is 8.91. The van der Waals surface area contributed by atoms with Crippen molar-refractivity contribution in [3.8, 4) is 5.75 Å². The molecule has 3 rings (SSSR count). The first-order chi connectivity index (χ1) is 12.1. The van der Waals surface area contributed by atoms with Crippen LogP contribution in [0.3, 0.4) is 0 Å². The van der Waals surface area contributed by atoms with Gasteiger partial charge in [-0.2, -0.15) is 0 Å². The molecule has 1 heterocycles. The number of hydrogen-bond donors (Lipinski definition) is 1. The van der Waals surface area contributed by atoms with Crippen molar-refractivity contribution in [2.45, 2.75) is 38.3 Å². The number of amides is 1.